The molecule has 0 bridgehead atoms. The molecule has 0 heterocycles. The fourth-order valence-electron chi connectivity index (χ4n) is 3.73. The third-order valence-electron chi connectivity index (χ3n) is 5.28. The van der Waals surface area contributed by atoms with Crippen LogP contribution in [0.3, 0.4) is 0 Å². The van der Waals surface area contributed by atoms with Gasteiger partial charge >= 0.3 is 0 Å². The van der Waals surface area contributed by atoms with E-state index in [-0.39, 0.29) is 5.69 Å². The van der Waals surface area contributed by atoms with Gasteiger partial charge < -0.3 is 0 Å². The summed E-state index contributed by atoms with van der Waals surface area (Å²) in [5.74, 6) is 0. The molecule has 0 aliphatic heterocycles. The molecule has 0 unspecified atom stereocenters. The zero-order valence-electron chi connectivity index (χ0n) is 18.1. The third kappa shape index (κ3) is 5.16. The number of hydrogen-bond acceptors (Lipinski definition) is 4. The van der Waals surface area contributed by atoms with Gasteiger partial charge in [-0.2, -0.15) is 0 Å². The normalized spacial score (nSPS) is 11.4. The van der Waals surface area contributed by atoms with E-state index in [1.807, 2.05) is 18.2 Å². The molecule has 0 aromatic heterocycles. The van der Waals surface area contributed by atoms with Crippen LogP contribution < -0.4 is 15.9 Å². The number of rotatable bonds is 8. The van der Waals surface area contributed by atoms with Crippen LogP contribution in [0.25, 0.3) is 0 Å². The quantitative estimate of drug-likeness (QED) is 0.121. The van der Waals surface area contributed by atoms with E-state index in [1.54, 1.807) is 18.3 Å². The standard InChI is InChI=1S/C27H24N3O2P/c31-30(32)24-18-16-23(17-19-24)22-28-20-21-29-33(25-10-4-1-5-11-25,26-12-6-2-7-13-26)27-14-8-3-9-15-27/h1-19,22H,20-21H2. The molecule has 33 heavy (non-hydrogen) atoms. The maximum absolute atomic E-state index is 10.8. The molecule has 164 valence electrons. The first kappa shape index (κ1) is 22.4. The van der Waals surface area contributed by atoms with E-state index >= 15 is 0 Å². The van der Waals surface area contributed by atoms with Gasteiger partial charge in [0.25, 0.3) is 5.69 Å². The van der Waals surface area contributed by atoms with Crippen molar-refractivity contribution in [1.29, 1.82) is 0 Å². The number of non-ortho nitro benzene ring substituents is 1. The van der Waals surface area contributed by atoms with Crippen LogP contribution in [0.2, 0.25) is 0 Å². The highest BCUT2D eigenvalue weighted by molar-refractivity contribution is 7.87. The molecule has 0 saturated heterocycles. The van der Waals surface area contributed by atoms with Gasteiger partial charge in [-0.05, 0) is 17.7 Å². The van der Waals surface area contributed by atoms with Gasteiger partial charge in [0, 0.05) is 34.3 Å². The van der Waals surface area contributed by atoms with E-state index in [9.17, 15) is 10.1 Å². The molecule has 0 atom stereocenters. The Labute approximate surface area is 193 Å². The number of benzene rings is 4. The zero-order valence-corrected chi connectivity index (χ0v) is 19.0. The summed E-state index contributed by atoms with van der Waals surface area (Å²) in [6.07, 6.45) is 1.74. The molecule has 0 aliphatic carbocycles. The third-order valence-corrected chi connectivity index (χ3v) is 9.04. The van der Waals surface area contributed by atoms with E-state index < -0.39 is 12.0 Å². The van der Waals surface area contributed by atoms with Gasteiger partial charge in [-0.3, -0.25) is 19.9 Å². The second kappa shape index (κ2) is 10.7. The highest BCUT2D eigenvalue weighted by Gasteiger charge is 2.26. The average molecular weight is 453 g/mol. The highest BCUT2D eigenvalue weighted by atomic mass is 31.2. The van der Waals surface area contributed by atoms with Crippen molar-refractivity contribution >= 4 is 34.9 Å². The number of hydrogen-bond donors (Lipinski definition) is 0. The molecular weight excluding hydrogens is 429 g/mol. The summed E-state index contributed by atoms with van der Waals surface area (Å²) in [7, 11) is -2.21. The summed E-state index contributed by atoms with van der Waals surface area (Å²) in [6, 6.07) is 37.9. The Morgan fingerprint density at radius 2 is 1.12 bits per heavy atom. The van der Waals surface area contributed by atoms with E-state index in [2.05, 4.69) is 77.8 Å². The monoisotopic (exact) mass is 453 g/mol. The average Bonchev–Trinajstić information content (AvgIpc) is 2.88. The predicted molar refractivity (Wildman–Crippen MR) is 138 cm³/mol. The lowest BCUT2D eigenvalue weighted by atomic mass is 10.2. The Balaban J connectivity index is 1.68. The molecule has 4 aromatic carbocycles. The first-order chi connectivity index (χ1) is 16.2. The molecule has 4 aromatic rings. The van der Waals surface area contributed by atoms with Crippen LogP contribution in [0.1, 0.15) is 5.56 Å². The molecule has 0 radical (unpaired) electrons. The Morgan fingerprint density at radius 1 is 0.667 bits per heavy atom. The maximum atomic E-state index is 10.8. The lowest BCUT2D eigenvalue weighted by Gasteiger charge is -2.27. The fraction of sp³-hybridized carbons (Fsp3) is 0.0741. The first-order valence-corrected chi connectivity index (χ1v) is 12.4. The van der Waals surface area contributed by atoms with Crippen LogP contribution in [0.5, 0.6) is 0 Å². The van der Waals surface area contributed by atoms with Crippen LogP contribution in [0, 0.1) is 10.1 Å². The molecular formula is C27H24N3O2P. The number of nitrogens with zero attached hydrogens (tertiary/aromatic N) is 3. The Morgan fingerprint density at radius 3 is 1.55 bits per heavy atom. The van der Waals surface area contributed by atoms with Crippen molar-refractivity contribution in [3.8, 4) is 0 Å². The molecule has 6 heteroatoms. The highest BCUT2D eigenvalue weighted by Crippen LogP contribution is 2.46. The van der Waals surface area contributed by atoms with Crippen LogP contribution in [0.15, 0.2) is 125 Å². The van der Waals surface area contributed by atoms with Crippen molar-refractivity contribution in [2.45, 2.75) is 0 Å². The van der Waals surface area contributed by atoms with E-state index in [1.165, 1.54) is 28.0 Å². The van der Waals surface area contributed by atoms with Gasteiger partial charge in [-0.25, -0.2) is 0 Å². The van der Waals surface area contributed by atoms with E-state index in [4.69, 9.17) is 4.74 Å². The first-order valence-electron chi connectivity index (χ1n) is 10.7. The molecule has 0 spiro atoms. The van der Waals surface area contributed by atoms with Crippen LogP contribution in [0.4, 0.5) is 5.69 Å². The summed E-state index contributed by atoms with van der Waals surface area (Å²) in [6.45, 7) is 1.10. The predicted octanol–water partition coefficient (Wildman–Crippen LogP) is 5.19. The van der Waals surface area contributed by atoms with Crippen molar-refractivity contribution in [3.63, 3.8) is 0 Å². The second-order valence-electron chi connectivity index (χ2n) is 7.39. The van der Waals surface area contributed by atoms with E-state index in [0.29, 0.717) is 13.1 Å². The summed E-state index contributed by atoms with van der Waals surface area (Å²) in [5.41, 5.74) is 0.904. The van der Waals surface area contributed by atoms with Gasteiger partial charge in [0.2, 0.25) is 0 Å². The minimum atomic E-state index is -2.21. The Kier molecular flexibility index (Phi) is 7.23. The second-order valence-corrected chi connectivity index (χ2v) is 10.5. The summed E-state index contributed by atoms with van der Waals surface area (Å²) >= 11 is 0. The zero-order chi connectivity index (χ0) is 22.9. The molecule has 0 fully saturated rings. The minimum Gasteiger partial charge on any atom is -0.291 e. The number of nitro benzene ring substituents is 1. The van der Waals surface area contributed by atoms with Crippen molar-refractivity contribution in [2.24, 2.45) is 9.74 Å². The maximum Gasteiger partial charge on any atom is 0.269 e. The van der Waals surface area contributed by atoms with Gasteiger partial charge in [0.1, 0.15) is 0 Å². The van der Waals surface area contributed by atoms with Gasteiger partial charge in [0.15, 0.2) is 0 Å². The molecule has 0 amide bonds. The topological polar surface area (TPSA) is 67.9 Å². The van der Waals surface area contributed by atoms with Gasteiger partial charge in [0.05, 0.1) is 25.1 Å². The SMILES string of the molecule is O=[N+]([O-])c1ccc(C=NCCN=P(c2ccccc2)(c2ccccc2)c2ccccc2)cc1. The van der Waals surface area contributed by atoms with Crippen molar-refractivity contribution < 1.29 is 4.92 Å². The molecule has 5 nitrogen and oxygen atoms in total. The summed E-state index contributed by atoms with van der Waals surface area (Å²) in [5, 5.41) is 14.4. The number of aliphatic imine (C=N–C) groups is 1. The van der Waals surface area contributed by atoms with Crippen molar-refractivity contribution in [3.05, 3.63) is 131 Å². The Bertz CT molecular complexity index is 1170. The number of nitro groups is 1. The fourth-order valence-corrected chi connectivity index (χ4v) is 7.31. The smallest absolute Gasteiger partial charge is 0.269 e. The minimum absolute atomic E-state index is 0.0744. The van der Waals surface area contributed by atoms with Crippen LogP contribution >= 0.6 is 7.05 Å². The Hall–Kier alpha value is -3.82. The van der Waals surface area contributed by atoms with Crippen LogP contribution in [-0.4, -0.2) is 24.2 Å². The molecule has 0 aliphatic rings. The van der Waals surface area contributed by atoms with Gasteiger partial charge in [-0.1, -0.05) is 91.0 Å². The largest absolute Gasteiger partial charge is 0.291 e. The van der Waals surface area contributed by atoms with Gasteiger partial charge in [-0.15, -0.1) is 0 Å². The van der Waals surface area contributed by atoms with Crippen molar-refractivity contribution in [1.82, 2.24) is 0 Å². The van der Waals surface area contributed by atoms with Crippen molar-refractivity contribution in [2.75, 3.05) is 13.1 Å². The molecule has 4 rings (SSSR count). The molecule has 0 N–H and O–H groups in total. The summed E-state index contributed by atoms with van der Waals surface area (Å²) in [4.78, 5) is 14.9. The summed E-state index contributed by atoms with van der Waals surface area (Å²) < 4.78 is 5.34. The lowest BCUT2D eigenvalue weighted by Crippen LogP contribution is -2.25. The van der Waals surface area contributed by atoms with E-state index in [0.717, 1.165) is 5.56 Å². The van der Waals surface area contributed by atoms with Crippen LogP contribution in [-0.2, 0) is 0 Å². The lowest BCUT2D eigenvalue weighted by molar-refractivity contribution is -0.384. The molecule has 0 saturated carbocycles.